The smallest absolute Gasteiger partial charge is 0.0411 e. The summed E-state index contributed by atoms with van der Waals surface area (Å²) in [7, 11) is -0.590. The molecule has 0 atom stereocenters. The molecule has 0 radical (unpaired) electrons. The highest BCUT2D eigenvalue weighted by atomic mass is 32.2. The third-order valence-corrected chi connectivity index (χ3v) is 4.91. The average Bonchev–Trinajstić information content (AvgIpc) is 2.39. The van der Waals surface area contributed by atoms with Crippen molar-refractivity contribution >= 4 is 16.5 Å². The molecule has 3 rings (SSSR count). The van der Waals surface area contributed by atoms with Crippen molar-refractivity contribution in [1.29, 1.82) is 0 Å². The molecule has 3 nitrogen and oxygen atoms in total. The molecule has 0 bridgehead atoms. The number of nitrogens with zero attached hydrogens (tertiary/aromatic N) is 1. The Hall–Kier alpha value is -0.870. The minimum atomic E-state index is -0.590. The summed E-state index contributed by atoms with van der Waals surface area (Å²) in [6.07, 6.45) is 1.12. The molecule has 1 fully saturated rings. The van der Waals surface area contributed by atoms with Crippen molar-refractivity contribution in [2.45, 2.75) is 13.0 Å². The Balaban J connectivity index is 1.89. The monoisotopic (exact) mass is 250 g/mol. The second-order valence-corrected chi connectivity index (χ2v) is 6.37. The number of hydrogen-bond acceptors (Lipinski definition) is 3. The van der Waals surface area contributed by atoms with Crippen molar-refractivity contribution in [3.63, 3.8) is 0 Å². The van der Waals surface area contributed by atoms with Gasteiger partial charge in [-0.3, -0.25) is 4.21 Å². The lowest BCUT2D eigenvalue weighted by atomic mass is 9.98. The molecule has 0 unspecified atom stereocenters. The first-order valence-corrected chi connectivity index (χ1v) is 7.75. The molecule has 92 valence electrons. The number of nitrogens with one attached hydrogen (secondary N) is 1. The fourth-order valence-corrected chi connectivity index (χ4v) is 3.74. The molecule has 0 aliphatic carbocycles. The summed E-state index contributed by atoms with van der Waals surface area (Å²) in [6.45, 7) is 3.94. The number of rotatable bonds is 1. The molecule has 4 heteroatoms. The van der Waals surface area contributed by atoms with Crippen LogP contribution in [0.4, 0.5) is 5.69 Å². The van der Waals surface area contributed by atoms with Gasteiger partial charge in [-0.1, -0.05) is 12.1 Å². The van der Waals surface area contributed by atoms with E-state index in [4.69, 9.17) is 0 Å². The van der Waals surface area contributed by atoms with Crippen LogP contribution in [0.3, 0.4) is 0 Å². The van der Waals surface area contributed by atoms with Crippen LogP contribution in [0.15, 0.2) is 18.2 Å². The molecule has 2 aliphatic rings. The van der Waals surface area contributed by atoms with Crippen molar-refractivity contribution in [3.8, 4) is 0 Å². The molecule has 1 aromatic carbocycles. The highest BCUT2D eigenvalue weighted by molar-refractivity contribution is 7.85. The fourth-order valence-electron chi connectivity index (χ4n) is 2.69. The maximum atomic E-state index is 11.4. The van der Waals surface area contributed by atoms with Crippen LogP contribution in [-0.2, 0) is 23.8 Å². The molecule has 1 N–H and O–H groups in total. The third kappa shape index (κ3) is 2.24. The van der Waals surface area contributed by atoms with Gasteiger partial charge in [0.05, 0.1) is 0 Å². The molecule has 17 heavy (non-hydrogen) atoms. The van der Waals surface area contributed by atoms with Gasteiger partial charge in [0.1, 0.15) is 0 Å². The van der Waals surface area contributed by atoms with Gasteiger partial charge in [0.2, 0.25) is 0 Å². The van der Waals surface area contributed by atoms with Crippen LogP contribution < -0.4 is 10.2 Å². The Morgan fingerprint density at radius 2 is 2.06 bits per heavy atom. The number of fused-ring (bicyclic) bond motifs is 1. The number of anilines is 1. The Morgan fingerprint density at radius 3 is 2.88 bits per heavy atom. The summed E-state index contributed by atoms with van der Waals surface area (Å²) in [6, 6.07) is 6.58. The van der Waals surface area contributed by atoms with Crippen molar-refractivity contribution < 1.29 is 4.21 Å². The SMILES string of the molecule is O=S1CCN(c2cccc3c2CCNC3)CC1. The van der Waals surface area contributed by atoms with E-state index in [0.717, 1.165) is 44.1 Å². The van der Waals surface area contributed by atoms with E-state index in [-0.39, 0.29) is 0 Å². The topological polar surface area (TPSA) is 32.3 Å². The van der Waals surface area contributed by atoms with Crippen molar-refractivity contribution in [2.24, 2.45) is 0 Å². The number of benzene rings is 1. The predicted molar refractivity (Wildman–Crippen MR) is 71.9 cm³/mol. The van der Waals surface area contributed by atoms with Gasteiger partial charge in [-0.05, 0) is 30.2 Å². The van der Waals surface area contributed by atoms with E-state index in [1.54, 1.807) is 0 Å². The van der Waals surface area contributed by atoms with E-state index < -0.39 is 10.8 Å². The summed E-state index contributed by atoms with van der Waals surface area (Å²) in [5, 5.41) is 3.41. The van der Waals surface area contributed by atoms with E-state index in [1.807, 2.05) is 0 Å². The van der Waals surface area contributed by atoms with Crippen LogP contribution in [0.25, 0.3) is 0 Å². The van der Waals surface area contributed by atoms with E-state index in [0.29, 0.717) is 0 Å². The lowest BCUT2D eigenvalue weighted by Crippen LogP contribution is -2.39. The average molecular weight is 250 g/mol. The summed E-state index contributed by atoms with van der Waals surface area (Å²) >= 11 is 0. The molecule has 1 aromatic rings. The maximum Gasteiger partial charge on any atom is 0.0411 e. The van der Waals surface area contributed by atoms with Crippen molar-refractivity contribution in [2.75, 3.05) is 36.0 Å². The molecular formula is C13H18N2OS. The van der Waals surface area contributed by atoms with Crippen LogP contribution in [0.2, 0.25) is 0 Å². The van der Waals surface area contributed by atoms with Gasteiger partial charge in [0.15, 0.2) is 0 Å². The van der Waals surface area contributed by atoms with Crippen LogP contribution in [0.5, 0.6) is 0 Å². The molecule has 2 aliphatic heterocycles. The first-order valence-electron chi connectivity index (χ1n) is 6.26. The van der Waals surface area contributed by atoms with Gasteiger partial charge in [-0.2, -0.15) is 0 Å². The minimum Gasteiger partial charge on any atom is -0.369 e. The van der Waals surface area contributed by atoms with E-state index in [1.165, 1.54) is 16.8 Å². The van der Waals surface area contributed by atoms with Crippen LogP contribution in [0.1, 0.15) is 11.1 Å². The standard InChI is InChI=1S/C13H18N2OS/c16-17-8-6-15(7-9-17)13-3-1-2-11-10-14-5-4-12(11)13/h1-3,14H,4-10H2. The molecule has 1 saturated heterocycles. The largest absolute Gasteiger partial charge is 0.369 e. The Morgan fingerprint density at radius 1 is 1.24 bits per heavy atom. The molecule has 0 aromatic heterocycles. The zero-order chi connectivity index (χ0) is 11.7. The third-order valence-electron chi connectivity index (χ3n) is 3.63. The van der Waals surface area contributed by atoms with E-state index >= 15 is 0 Å². The van der Waals surface area contributed by atoms with Crippen LogP contribution in [0, 0.1) is 0 Å². The van der Waals surface area contributed by atoms with Gasteiger partial charge in [-0.25, -0.2) is 0 Å². The second-order valence-electron chi connectivity index (χ2n) is 4.68. The van der Waals surface area contributed by atoms with Crippen LogP contribution in [-0.4, -0.2) is 35.3 Å². The maximum absolute atomic E-state index is 11.4. The zero-order valence-electron chi connectivity index (χ0n) is 9.95. The highest BCUT2D eigenvalue weighted by Gasteiger charge is 2.20. The summed E-state index contributed by atoms with van der Waals surface area (Å²) in [5.41, 5.74) is 4.31. The van der Waals surface area contributed by atoms with Gasteiger partial charge in [0, 0.05) is 47.6 Å². The van der Waals surface area contributed by atoms with Crippen molar-refractivity contribution in [3.05, 3.63) is 29.3 Å². The lowest BCUT2D eigenvalue weighted by molar-refractivity contribution is 0.639. The van der Waals surface area contributed by atoms with Gasteiger partial charge in [0.25, 0.3) is 0 Å². The summed E-state index contributed by atoms with van der Waals surface area (Å²) in [5.74, 6) is 1.64. The predicted octanol–water partition coefficient (Wildman–Crippen LogP) is 0.901. The van der Waals surface area contributed by atoms with Gasteiger partial charge >= 0.3 is 0 Å². The summed E-state index contributed by atoms with van der Waals surface area (Å²) < 4.78 is 11.4. The summed E-state index contributed by atoms with van der Waals surface area (Å²) in [4.78, 5) is 2.41. The Bertz CT molecular complexity index is 437. The van der Waals surface area contributed by atoms with Gasteiger partial charge < -0.3 is 10.2 Å². The highest BCUT2D eigenvalue weighted by Crippen LogP contribution is 2.27. The molecule has 0 spiro atoms. The zero-order valence-corrected chi connectivity index (χ0v) is 10.8. The normalized spacial score (nSPS) is 21.3. The van der Waals surface area contributed by atoms with Crippen molar-refractivity contribution in [1.82, 2.24) is 5.32 Å². The molecule has 0 saturated carbocycles. The van der Waals surface area contributed by atoms with Gasteiger partial charge in [-0.15, -0.1) is 0 Å². The molecule has 0 amide bonds. The quantitative estimate of drug-likeness (QED) is 0.804. The lowest BCUT2D eigenvalue weighted by Gasteiger charge is -2.32. The van der Waals surface area contributed by atoms with Crippen LogP contribution >= 0.6 is 0 Å². The minimum absolute atomic E-state index is 0.590. The molecular weight excluding hydrogens is 232 g/mol. The van der Waals surface area contributed by atoms with E-state index in [9.17, 15) is 4.21 Å². The Kier molecular flexibility index (Phi) is 3.16. The second kappa shape index (κ2) is 4.78. The number of hydrogen-bond donors (Lipinski definition) is 1. The fraction of sp³-hybridized carbons (Fsp3) is 0.538. The Labute approximate surface area is 105 Å². The first-order chi connectivity index (χ1) is 8.34. The first kappa shape index (κ1) is 11.2. The van der Waals surface area contributed by atoms with E-state index in [2.05, 4.69) is 28.4 Å². The molecule has 2 heterocycles.